The van der Waals surface area contributed by atoms with Gasteiger partial charge in [-0.25, -0.2) is 0 Å². The lowest BCUT2D eigenvalue weighted by Crippen LogP contribution is -2.62. The molecule has 1 aliphatic rings. The van der Waals surface area contributed by atoms with E-state index in [1.807, 2.05) is 6.92 Å². The van der Waals surface area contributed by atoms with Gasteiger partial charge in [0.25, 0.3) is 0 Å². The van der Waals surface area contributed by atoms with Crippen molar-refractivity contribution in [2.75, 3.05) is 13.1 Å². The van der Waals surface area contributed by atoms with E-state index >= 15 is 0 Å². The third-order valence-electron chi connectivity index (χ3n) is 3.30. The van der Waals surface area contributed by atoms with Crippen LogP contribution in [0, 0.1) is 0 Å². The van der Waals surface area contributed by atoms with Gasteiger partial charge in [0.2, 0.25) is 5.91 Å². The minimum absolute atomic E-state index is 0.130. The van der Waals surface area contributed by atoms with Crippen molar-refractivity contribution in [3.05, 3.63) is 39.9 Å². The Morgan fingerprint density at radius 2 is 2.16 bits per heavy atom. The molecule has 0 atom stereocenters. The number of benzene rings is 1. The number of hydrogen-bond donors (Lipinski definition) is 1. The minimum atomic E-state index is -0.711. The van der Waals surface area contributed by atoms with E-state index in [1.165, 1.54) is 6.08 Å². The molecule has 0 spiro atoms. The Morgan fingerprint density at radius 1 is 1.47 bits per heavy atom. The average molecular weight is 300 g/mol. The summed E-state index contributed by atoms with van der Waals surface area (Å²) in [6.45, 7) is 2.68. The first-order valence-electron chi connectivity index (χ1n) is 6.08. The largest absolute Gasteiger partial charge is 0.386 e. The highest BCUT2D eigenvalue weighted by Gasteiger charge is 2.41. The van der Waals surface area contributed by atoms with Crippen molar-refractivity contribution in [3.63, 3.8) is 0 Å². The van der Waals surface area contributed by atoms with Gasteiger partial charge in [-0.3, -0.25) is 4.79 Å². The number of likely N-dealkylation sites (tertiary alicyclic amines) is 1. The molecule has 19 heavy (non-hydrogen) atoms. The zero-order valence-electron chi connectivity index (χ0n) is 10.6. The number of aliphatic hydroxyl groups is 1. The SMILES string of the molecule is CCC1(O)CN(C(=O)C=Cc2cc(Cl)ccc2Cl)C1. The van der Waals surface area contributed by atoms with Crippen LogP contribution >= 0.6 is 23.2 Å². The monoisotopic (exact) mass is 299 g/mol. The van der Waals surface area contributed by atoms with Gasteiger partial charge in [-0.1, -0.05) is 30.1 Å². The summed E-state index contributed by atoms with van der Waals surface area (Å²) in [5, 5.41) is 11.0. The third kappa shape index (κ3) is 3.30. The van der Waals surface area contributed by atoms with Crippen molar-refractivity contribution in [3.8, 4) is 0 Å². The molecular weight excluding hydrogens is 285 g/mol. The fourth-order valence-electron chi connectivity index (χ4n) is 1.95. The van der Waals surface area contributed by atoms with Gasteiger partial charge >= 0.3 is 0 Å². The van der Waals surface area contributed by atoms with Gasteiger partial charge < -0.3 is 10.0 Å². The van der Waals surface area contributed by atoms with Crippen LogP contribution in [0.1, 0.15) is 18.9 Å². The van der Waals surface area contributed by atoms with E-state index in [1.54, 1.807) is 29.2 Å². The number of nitrogens with zero attached hydrogens (tertiary/aromatic N) is 1. The van der Waals surface area contributed by atoms with Crippen LogP contribution in [0.2, 0.25) is 10.0 Å². The summed E-state index contributed by atoms with van der Waals surface area (Å²) in [5.74, 6) is -0.130. The van der Waals surface area contributed by atoms with Gasteiger partial charge in [0, 0.05) is 16.1 Å². The Morgan fingerprint density at radius 3 is 2.79 bits per heavy atom. The van der Waals surface area contributed by atoms with E-state index in [0.29, 0.717) is 35.1 Å². The van der Waals surface area contributed by atoms with Gasteiger partial charge in [0.1, 0.15) is 0 Å². The van der Waals surface area contributed by atoms with Crippen molar-refractivity contribution in [2.24, 2.45) is 0 Å². The molecule has 1 fully saturated rings. The molecule has 0 unspecified atom stereocenters. The summed E-state index contributed by atoms with van der Waals surface area (Å²) in [4.78, 5) is 13.4. The number of carbonyl (C=O) groups is 1. The van der Waals surface area contributed by atoms with Crippen LogP contribution in [-0.2, 0) is 4.79 Å². The first-order chi connectivity index (χ1) is 8.93. The quantitative estimate of drug-likeness (QED) is 0.872. The molecule has 1 aromatic rings. The molecule has 0 aliphatic carbocycles. The Hall–Kier alpha value is -1.03. The first kappa shape index (κ1) is 14.4. The number of halogens is 2. The van der Waals surface area contributed by atoms with Crippen molar-refractivity contribution in [1.82, 2.24) is 4.90 Å². The molecule has 0 radical (unpaired) electrons. The second-order valence-corrected chi connectivity index (χ2v) is 5.61. The maximum atomic E-state index is 11.9. The van der Waals surface area contributed by atoms with Crippen LogP contribution in [0.25, 0.3) is 6.08 Å². The van der Waals surface area contributed by atoms with E-state index in [4.69, 9.17) is 23.2 Å². The van der Waals surface area contributed by atoms with Crippen molar-refractivity contribution < 1.29 is 9.90 Å². The highest BCUT2D eigenvalue weighted by molar-refractivity contribution is 6.34. The van der Waals surface area contributed by atoms with E-state index in [9.17, 15) is 9.90 Å². The van der Waals surface area contributed by atoms with E-state index in [2.05, 4.69) is 0 Å². The van der Waals surface area contributed by atoms with Gasteiger partial charge in [-0.15, -0.1) is 0 Å². The number of amides is 1. The molecule has 3 nitrogen and oxygen atoms in total. The maximum absolute atomic E-state index is 11.9. The summed E-state index contributed by atoms with van der Waals surface area (Å²) in [6, 6.07) is 5.08. The molecule has 1 aromatic carbocycles. The predicted molar refractivity (Wildman–Crippen MR) is 77.3 cm³/mol. The zero-order valence-corrected chi connectivity index (χ0v) is 12.1. The fourth-order valence-corrected chi connectivity index (χ4v) is 2.31. The topological polar surface area (TPSA) is 40.5 Å². The molecule has 1 heterocycles. The highest BCUT2D eigenvalue weighted by Crippen LogP contribution is 2.25. The Labute approximate surface area is 122 Å². The van der Waals surface area contributed by atoms with Gasteiger partial charge in [0.05, 0.1) is 18.7 Å². The zero-order chi connectivity index (χ0) is 14.0. The first-order valence-corrected chi connectivity index (χ1v) is 6.83. The normalized spacial score (nSPS) is 17.6. The number of β-amino-alcohol motifs (C(OH)–C–C–N with tert-alkyl or cyclic N) is 1. The Kier molecular flexibility index (Phi) is 4.19. The summed E-state index contributed by atoms with van der Waals surface area (Å²) < 4.78 is 0. The fraction of sp³-hybridized carbons (Fsp3) is 0.357. The molecule has 1 amide bonds. The molecule has 1 aliphatic heterocycles. The van der Waals surface area contributed by atoms with Crippen LogP contribution < -0.4 is 0 Å². The second-order valence-electron chi connectivity index (χ2n) is 4.77. The van der Waals surface area contributed by atoms with E-state index in [0.717, 1.165) is 0 Å². The number of carbonyl (C=O) groups excluding carboxylic acids is 1. The van der Waals surface area contributed by atoms with Gasteiger partial charge in [-0.2, -0.15) is 0 Å². The molecule has 2 rings (SSSR count). The van der Waals surface area contributed by atoms with E-state index in [-0.39, 0.29) is 5.91 Å². The lowest BCUT2D eigenvalue weighted by atomic mass is 9.91. The summed E-state index contributed by atoms with van der Waals surface area (Å²) in [5.41, 5.74) is -0.00852. The smallest absolute Gasteiger partial charge is 0.246 e. The van der Waals surface area contributed by atoms with Crippen LogP contribution in [0.15, 0.2) is 24.3 Å². The summed E-state index contributed by atoms with van der Waals surface area (Å²) >= 11 is 11.9. The Bertz CT molecular complexity index is 522. The van der Waals surface area contributed by atoms with Crippen LogP contribution in [-0.4, -0.2) is 34.6 Å². The summed E-state index contributed by atoms with van der Waals surface area (Å²) in [6.07, 6.45) is 3.74. The van der Waals surface area contributed by atoms with Crippen molar-refractivity contribution >= 4 is 35.2 Å². The van der Waals surface area contributed by atoms with Gasteiger partial charge in [0.15, 0.2) is 0 Å². The Balaban J connectivity index is 2.00. The maximum Gasteiger partial charge on any atom is 0.246 e. The molecule has 5 heteroatoms. The second kappa shape index (κ2) is 5.53. The molecule has 0 saturated carbocycles. The minimum Gasteiger partial charge on any atom is -0.386 e. The third-order valence-corrected chi connectivity index (χ3v) is 3.88. The highest BCUT2D eigenvalue weighted by atomic mass is 35.5. The molecule has 0 bridgehead atoms. The molecule has 1 saturated heterocycles. The van der Waals surface area contributed by atoms with Crippen LogP contribution in [0.4, 0.5) is 0 Å². The number of hydrogen-bond acceptors (Lipinski definition) is 2. The standard InChI is InChI=1S/C14H15Cl2NO2/c1-2-14(19)8-17(9-14)13(18)6-3-10-7-11(15)4-5-12(10)16/h3-7,19H,2,8-9H2,1H3. The van der Waals surface area contributed by atoms with Crippen molar-refractivity contribution in [2.45, 2.75) is 18.9 Å². The summed E-state index contributed by atoms with van der Waals surface area (Å²) in [7, 11) is 0. The van der Waals surface area contributed by atoms with Crippen LogP contribution in [0.3, 0.4) is 0 Å². The molecule has 1 N–H and O–H groups in total. The van der Waals surface area contributed by atoms with E-state index < -0.39 is 5.60 Å². The van der Waals surface area contributed by atoms with Gasteiger partial charge in [-0.05, 0) is 36.3 Å². The lowest BCUT2D eigenvalue weighted by molar-refractivity contribution is -0.150. The molecule has 102 valence electrons. The number of rotatable bonds is 3. The molecule has 0 aromatic heterocycles. The van der Waals surface area contributed by atoms with Crippen LogP contribution in [0.5, 0.6) is 0 Å². The predicted octanol–water partition coefficient (Wildman–Crippen LogP) is 2.99. The molecular formula is C14H15Cl2NO2. The average Bonchev–Trinajstić information content (AvgIpc) is 2.35. The lowest BCUT2D eigenvalue weighted by Gasteiger charge is -2.45. The van der Waals surface area contributed by atoms with Crippen molar-refractivity contribution in [1.29, 1.82) is 0 Å².